The first kappa shape index (κ1) is 15.9. The maximum Gasteiger partial charge on any atom is 0.269 e. The van der Waals surface area contributed by atoms with Crippen LogP contribution in [0.4, 0.5) is 0 Å². The number of nitrogens with one attached hydrogen (secondary N) is 1. The number of aromatic nitrogens is 1. The van der Waals surface area contributed by atoms with Crippen molar-refractivity contribution < 1.29 is 19.0 Å². The maximum absolute atomic E-state index is 12.1. The largest absolute Gasteiger partial charge is 0.381 e. The van der Waals surface area contributed by atoms with E-state index in [-0.39, 0.29) is 12.0 Å². The molecule has 0 saturated carbocycles. The van der Waals surface area contributed by atoms with E-state index in [0.29, 0.717) is 56.2 Å². The van der Waals surface area contributed by atoms with Crippen molar-refractivity contribution in [2.75, 3.05) is 26.4 Å². The molecule has 7 nitrogen and oxygen atoms in total. The fourth-order valence-corrected chi connectivity index (χ4v) is 2.76. The molecule has 2 fully saturated rings. The lowest BCUT2D eigenvalue weighted by Crippen LogP contribution is -2.39. The highest BCUT2D eigenvalue weighted by atomic mass is 16.7. The molecule has 1 unspecified atom stereocenters. The van der Waals surface area contributed by atoms with Crippen LogP contribution >= 0.6 is 0 Å². The van der Waals surface area contributed by atoms with Crippen LogP contribution < -0.4 is 5.32 Å². The zero-order valence-electron chi connectivity index (χ0n) is 13.0. The number of aryl methyl sites for hydroxylation is 1. The molecule has 7 heteroatoms. The van der Waals surface area contributed by atoms with Crippen LogP contribution in [-0.4, -0.2) is 49.1 Å². The van der Waals surface area contributed by atoms with E-state index in [4.69, 9.17) is 19.5 Å². The fourth-order valence-electron chi connectivity index (χ4n) is 2.76. The van der Waals surface area contributed by atoms with Gasteiger partial charge in [0, 0.05) is 19.4 Å². The molecule has 1 aromatic rings. The number of nitriles is 1. The highest BCUT2D eigenvalue weighted by Crippen LogP contribution is 2.32. The normalized spacial score (nSPS) is 22.7. The van der Waals surface area contributed by atoms with Crippen molar-refractivity contribution in [2.24, 2.45) is 0 Å². The van der Waals surface area contributed by atoms with Gasteiger partial charge in [0.25, 0.3) is 5.91 Å². The molecule has 2 aliphatic heterocycles. The molecule has 1 atom stereocenters. The molecule has 0 aromatic carbocycles. The zero-order valence-corrected chi connectivity index (χ0v) is 13.0. The first-order valence-electron chi connectivity index (χ1n) is 7.67. The summed E-state index contributed by atoms with van der Waals surface area (Å²) in [6.07, 6.45) is 1.26. The molecular weight excluding hydrogens is 298 g/mol. The molecular formula is C16H19N3O4. The topological polar surface area (TPSA) is 93.5 Å². The van der Waals surface area contributed by atoms with Crippen molar-refractivity contribution in [2.45, 2.75) is 31.7 Å². The number of carbonyl (C=O) groups excluding carboxylic acids is 1. The second-order valence-electron chi connectivity index (χ2n) is 5.73. The van der Waals surface area contributed by atoms with Gasteiger partial charge in [0.2, 0.25) is 0 Å². The van der Waals surface area contributed by atoms with Gasteiger partial charge in [-0.3, -0.25) is 4.79 Å². The van der Waals surface area contributed by atoms with E-state index >= 15 is 0 Å². The molecule has 0 radical (unpaired) electrons. The second kappa shape index (κ2) is 6.62. The van der Waals surface area contributed by atoms with Crippen LogP contribution in [-0.2, 0) is 14.2 Å². The number of nitrogens with zero attached hydrogens (tertiary/aromatic N) is 2. The van der Waals surface area contributed by atoms with Crippen LogP contribution in [0, 0.1) is 18.3 Å². The van der Waals surface area contributed by atoms with E-state index in [1.165, 1.54) is 0 Å². The lowest BCUT2D eigenvalue weighted by atomic mass is 10.1. The molecule has 23 heavy (non-hydrogen) atoms. The van der Waals surface area contributed by atoms with Crippen molar-refractivity contribution in [3.63, 3.8) is 0 Å². The van der Waals surface area contributed by atoms with E-state index in [9.17, 15) is 4.79 Å². The summed E-state index contributed by atoms with van der Waals surface area (Å²) in [4.78, 5) is 16.3. The molecule has 1 amide bonds. The monoisotopic (exact) mass is 317 g/mol. The highest BCUT2D eigenvalue weighted by molar-refractivity contribution is 5.92. The molecule has 0 aliphatic carbocycles. The molecule has 122 valence electrons. The Kier molecular flexibility index (Phi) is 4.57. The molecule has 2 saturated heterocycles. The van der Waals surface area contributed by atoms with Crippen molar-refractivity contribution in [3.05, 3.63) is 29.1 Å². The van der Waals surface area contributed by atoms with Gasteiger partial charge in [-0.25, -0.2) is 4.98 Å². The van der Waals surface area contributed by atoms with Gasteiger partial charge in [0.1, 0.15) is 17.9 Å². The molecule has 2 aliphatic rings. The summed E-state index contributed by atoms with van der Waals surface area (Å²) in [6.45, 7) is 3.79. The van der Waals surface area contributed by atoms with Crippen molar-refractivity contribution in [3.8, 4) is 6.07 Å². The Labute approximate surface area is 134 Å². The molecule has 3 rings (SSSR count). The Bertz CT molecular complexity index is 635. The lowest BCUT2D eigenvalue weighted by Gasteiger charge is -2.31. The Balaban J connectivity index is 1.53. The predicted molar refractivity (Wildman–Crippen MR) is 79.6 cm³/mol. The number of hydrogen-bond donors (Lipinski definition) is 1. The van der Waals surface area contributed by atoms with E-state index in [2.05, 4.69) is 10.3 Å². The van der Waals surface area contributed by atoms with Crippen LogP contribution in [0.5, 0.6) is 0 Å². The Morgan fingerprint density at radius 2 is 2.26 bits per heavy atom. The Morgan fingerprint density at radius 1 is 1.48 bits per heavy atom. The van der Waals surface area contributed by atoms with Gasteiger partial charge in [0.15, 0.2) is 5.79 Å². The van der Waals surface area contributed by atoms with Crippen molar-refractivity contribution in [1.82, 2.24) is 10.3 Å². The number of amides is 1. The molecule has 1 aromatic heterocycles. The maximum atomic E-state index is 12.1. The lowest BCUT2D eigenvalue weighted by molar-refractivity contribution is -0.210. The van der Waals surface area contributed by atoms with Gasteiger partial charge < -0.3 is 19.5 Å². The summed E-state index contributed by atoms with van der Waals surface area (Å²) in [5.41, 5.74) is 1.30. The quantitative estimate of drug-likeness (QED) is 0.891. The number of rotatable bonds is 3. The molecule has 1 N–H and O–H groups in total. The summed E-state index contributed by atoms with van der Waals surface area (Å²) in [5.74, 6) is -0.828. The zero-order chi connectivity index (χ0) is 16.3. The average Bonchev–Trinajstić information content (AvgIpc) is 2.95. The van der Waals surface area contributed by atoms with Crippen LogP contribution in [0.3, 0.4) is 0 Å². The molecule has 1 spiro atoms. The number of ether oxygens (including phenoxy) is 3. The highest BCUT2D eigenvalue weighted by Gasteiger charge is 2.42. The Hall–Kier alpha value is -2.01. The summed E-state index contributed by atoms with van der Waals surface area (Å²) in [6, 6.07) is 5.18. The first-order chi connectivity index (χ1) is 11.1. The van der Waals surface area contributed by atoms with E-state index < -0.39 is 5.79 Å². The minimum atomic E-state index is -0.545. The average molecular weight is 317 g/mol. The van der Waals surface area contributed by atoms with Gasteiger partial charge in [0.05, 0.1) is 31.1 Å². The summed E-state index contributed by atoms with van der Waals surface area (Å²) in [7, 11) is 0. The fraction of sp³-hybridized carbons (Fsp3) is 0.562. The summed E-state index contributed by atoms with van der Waals surface area (Å²) < 4.78 is 17.0. The summed E-state index contributed by atoms with van der Waals surface area (Å²) in [5, 5.41) is 11.7. The van der Waals surface area contributed by atoms with Gasteiger partial charge in [-0.05, 0) is 19.1 Å². The summed E-state index contributed by atoms with van der Waals surface area (Å²) >= 11 is 0. The first-order valence-corrected chi connectivity index (χ1v) is 7.67. The Morgan fingerprint density at radius 3 is 2.96 bits per heavy atom. The van der Waals surface area contributed by atoms with Crippen LogP contribution in [0.25, 0.3) is 0 Å². The standard InChI is InChI=1S/C16H19N3O4/c1-11-12(8-17)2-3-14(19-11)15(20)18-9-13-10-22-16(23-13)4-6-21-7-5-16/h2-3,13H,4-7,9-10H2,1H3,(H,18,20). The number of hydrogen-bond acceptors (Lipinski definition) is 6. The van der Waals surface area contributed by atoms with Gasteiger partial charge >= 0.3 is 0 Å². The third-order valence-electron chi connectivity index (χ3n) is 4.10. The van der Waals surface area contributed by atoms with Crippen molar-refractivity contribution >= 4 is 5.91 Å². The van der Waals surface area contributed by atoms with Crippen LogP contribution in [0.1, 0.15) is 34.6 Å². The van der Waals surface area contributed by atoms with Gasteiger partial charge in [-0.2, -0.15) is 5.26 Å². The van der Waals surface area contributed by atoms with Gasteiger partial charge in [-0.15, -0.1) is 0 Å². The van der Waals surface area contributed by atoms with Crippen LogP contribution in [0.2, 0.25) is 0 Å². The van der Waals surface area contributed by atoms with Crippen LogP contribution in [0.15, 0.2) is 12.1 Å². The van der Waals surface area contributed by atoms with E-state index in [0.717, 1.165) is 0 Å². The van der Waals surface area contributed by atoms with E-state index in [1.807, 2.05) is 6.07 Å². The minimum absolute atomic E-state index is 0.170. The molecule has 0 bridgehead atoms. The van der Waals surface area contributed by atoms with E-state index in [1.54, 1.807) is 19.1 Å². The van der Waals surface area contributed by atoms with Crippen molar-refractivity contribution in [1.29, 1.82) is 5.26 Å². The third-order valence-corrected chi connectivity index (χ3v) is 4.10. The second-order valence-corrected chi connectivity index (χ2v) is 5.73. The SMILES string of the molecule is Cc1nc(C(=O)NCC2COC3(CCOCC3)O2)ccc1C#N. The number of pyridine rings is 1. The molecule has 3 heterocycles. The minimum Gasteiger partial charge on any atom is -0.381 e. The predicted octanol–water partition coefficient (Wildman–Crippen LogP) is 0.914. The smallest absolute Gasteiger partial charge is 0.269 e. The third kappa shape index (κ3) is 3.50. The van der Waals surface area contributed by atoms with Gasteiger partial charge in [-0.1, -0.05) is 0 Å². The number of carbonyl (C=O) groups is 1.